The van der Waals surface area contributed by atoms with Crippen LogP contribution in [0.4, 0.5) is 18.9 Å². The Kier molecular flexibility index (Phi) is 9.49. The van der Waals surface area contributed by atoms with Crippen LogP contribution in [0.3, 0.4) is 0 Å². The van der Waals surface area contributed by atoms with Gasteiger partial charge in [-0.2, -0.15) is 13.2 Å². The molecule has 3 aromatic rings. The fourth-order valence-corrected chi connectivity index (χ4v) is 5.91. The summed E-state index contributed by atoms with van der Waals surface area (Å²) in [6.45, 7) is 4.25. The molecule has 0 unspecified atom stereocenters. The van der Waals surface area contributed by atoms with Gasteiger partial charge in [0.15, 0.2) is 5.75 Å². The lowest BCUT2D eigenvalue weighted by Gasteiger charge is -2.38. The number of likely N-dealkylation sites (N-methyl/N-ethyl adjacent to an activating group) is 1. The number of nitrogens with zero attached hydrogens (tertiary/aromatic N) is 2. The highest BCUT2D eigenvalue weighted by atomic mass is 32.2. The number of fused-ring (bicyclic) bond motifs is 1. The zero-order valence-electron chi connectivity index (χ0n) is 23.5. The molecule has 12 heteroatoms. The molecule has 3 atom stereocenters. The summed E-state index contributed by atoms with van der Waals surface area (Å²) in [5.74, 6) is -0.600. The molecule has 1 amide bonds. The van der Waals surface area contributed by atoms with Crippen LogP contribution in [0.15, 0.2) is 77.7 Å². The summed E-state index contributed by atoms with van der Waals surface area (Å²) >= 11 is 0. The summed E-state index contributed by atoms with van der Waals surface area (Å²) in [4.78, 5) is 17.1. The summed E-state index contributed by atoms with van der Waals surface area (Å²) in [6, 6.07) is 16.8. The number of nitrogens with one attached hydrogen (secondary N) is 1. The quantitative estimate of drug-likeness (QED) is 0.362. The first kappa shape index (κ1) is 31.3. The molecule has 2 N–H and O–H groups in total. The second-order valence-corrected chi connectivity index (χ2v) is 12.3. The molecule has 1 aliphatic rings. The highest BCUT2D eigenvalue weighted by Crippen LogP contribution is 2.36. The Morgan fingerprint density at radius 1 is 1.07 bits per heavy atom. The van der Waals surface area contributed by atoms with Gasteiger partial charge in [0, 0.05) is 25.6 Å². The van der Waals surface area contributed by atoms with E-state index in [2.05, 4.69) is 4.72 Å². The van der Waals surface area contributed by atoms with Crippen molar-refractivity contribution in [3.05, 3.63) is 89.5 Å². The third-order valence-electron chi connectivity index (χ3n) is 7.21. The van der Waals surface area contributed by atoms with Gasteiger partial charge in [-0.05, 0) is 55.9 Å². The Labute approximate surface area is 243 Å². The number of aliphatic hydroxyl groups is 1. The Morgan fingerprint density at radius 3 is 2.36 bits per heavy atom. The minimum absolute atomic E-state index is 0.0384. The summed E-state index contributed by atoms with van der Waals surface area (Å²) in [7, 11) is -2.21. The topological polar surface area (TPSA) is 99.2 Å². The lowest BCUT2D eigenvalue weighted by molar-refractivity contribution is -0.137. The molecule has 8 nitrogen and oxygen atoms in total. The third-order valence-corrected chi connectivity index (χ3v) is 8.60. The molecule has 0 saturated carbocycles. The number of anilines is 1. The average molecular weight is 606 g/mol. The fourth-order valence-electron chi connectivity index (χ4n) is 4.83. The minimum Gasteiger partial charge on any atom is -0.486 e. The molecule has 0 fully saturated rings. The van der Waals surface area contributed by atoms with Gasteiger partial charge in [0.25, 0.3) is 15.9 Å². The number of rotatable bonds is 9. The van der Waals surface area contributed by atoms with Crippen LogP contribution >= 0.6 is 0 Å². The van der Waals surface area contributed by atoms with Gasteiger partial charge in [-0.25, -0.2) is 8.42 Å². The first-order chi connectivity index (χ1) is 19.8. The molecule has 4 rings (SSSR count). The zero-order valence-corrected chi connectivity index (χ0v) is 24.3. The van der Waals surface area contributed by atoms with Gasteiger partial charge < -0.3 is 14.7 Å². The molecule has 226 valence electrons. The van der Waals surface area contributed by atoms with Crippen LogP contribution in [0.1, 0.15) is 35.3 Å². The van der Waals surface area contributed by atoms with E-state index in [9.17, 15) is 31.5 Å². The lowest BCUT2D eigenvalue weighted by Crippen LogP contribution is -2.49. The summed E-state index contributed by atoms with van der Waals surface area (Å²) in [5, 5.41) is 9.88. The molecular weight excluding hydrogens is 571 g/mol. The lowest BCUT2D eigenvalue weighted by atomic mass is 9.99. The van der Waals surface area contributed by atoms with Gasteiger partial charge in [-0.3, -0.25) is 14.4 Å². The monoisotopic (exact) mass is 605 g/mol. The van der Waals surface area contributed by atoms with Gasteiger partial charge >= 0.3 is 6.18 Å². The smallest absolute Gasteiger partial charge is 0.416 e. The molecular formula is C30H34F3N3O5S. The van der Waals surface area contributed by atoms with Gasteiger partial charge in [0.05, 0.1) is 34.4 Å². The molecule has 0 aromatic heterocycles. The molecule has 1 heterocycles. The van der Waals surface area contributed by atoms with Crippen molar-refractivity contribution in [2.45, 2.75) is 43.6 Å². The van der Waals surface area contributed by atoms with Crippen LogP contribution in [-0.2, 0) is 22.7 Å². The van der Waals surface area contributed by atoms with Crippen molar-refractivity contribution in [2.24, 2.45) is 5.92 Å². The van der Waals surface area contributed by atoms with Crippen molar-refractivity contribution >= 4 is 21.6 Å². The number of benzene rings is 3. The average Bonchev–Trinajstić information content (AvgIpc) is 2.95. The molecule has 42 heavy (non-hydrogen) atoms. The van der Waals surface area contributed by atoms with Crippen LogP contribution in [0.5, 0.6) is 5.75 Å². The van der Waals surface area contributed by atoms with Crippen molar-refractivity contribution in [3.63, 3.8) is 0 Å². The van der Waals surface area contributed by atoms with E-state index in [1.165, 1.54) is 30.3 Å². The summed E-state index contributed by atoms with van der Waals surface area (Å²) < 4.78 is 74.3. The maximum atomic E-state index is 13.7. The highest BCUT2D eigenvalue weighted by molar-refractivity contribution is 7.92. The number of sulfonamides is 1. The second kappa shape index (κ2) is 12.7. The van der Waals surface area contributed by atoms with Crippen LogP contribution in [0, 0.1) is 5.92 Å². The summed E-state index contributed by atoms with van der Waals surface area (Å²) in [5.41, 5.74) is 0.179. The Morgan fingerprint density at radius 2 is 1.74 bits per heavy atom. The molecule has 3 aromatic carbocycles. The zero-order chi connectivity index (χ0) is 30.7. The van der Waals surface area contributed by atoms with Crippen molar-refractivity contribution in [1.82, 2.24) is 9.80 Å². The molecule has 0 radical (unpaired) electrons. The molecule has 1 aliphatic heterocycles. The van der Waals surface area contributed by atoms with Gasteiger partial charge in [-0.15, -0.1) is 0 Å². The minimum atomic E-state index is -4.42. The van der Waals surface area contributed by atoms with E-state index < -0.39 is 39.8 Å². The van der Waals surface area contributed by atoms with Gasteiger partial charge in [0.1, 0.15) is 6.10 Å². The fraction of sp³-hybridized carbons (Fsp3) is 0.367. The SMILES string of the molecule is C[C@@H]1CN([C@H](C)CO)C(=O)c2cccc(NS(=O)(=O)c3ccccc3)c2O[C@H]1CN(C)Cc1ccc(C(F)(F)F)cc1. The standard InChI is InChI=1S/C30H34F3N3O5S/c1-20-16-36(21(2)19-37)29(38)25-10-7-11-26(34-42(39,40)24-8-5-4-6-9-24)28(25)41-27(20)18-35(3)17-22-12-14-23(15-13-22)30(31,32)33/h4-15,20-21,27,34,37H,16-19H2,1-3H3/t20-,21-,27+/m1/s1. The molecule has 0 bridgehead atoms. The largest absolute Gasteiger partial charge is 0.486 e. The maximum Gasteiger partial charge on any atom is 0.416 e. The van der Waals surface area contributed by atoms with E-state index in [1.54, 1.807) is 49.2 Å². The van der Waals surface area contributed by atoms with E-state index in [4.69, 9.17) is 4.74 Å². The molecule has 0 aliphatic carbocycles. The molecule has 0 spiro atoms. The maximum absolute atomic E-state index is 13.7. The Hall–Kier alpha value is -3.61. The number of aliphatic hydroxyl groups excluding tert-OH is 1. The van der Waals surface area contributed by atoms with Gasteiger partial charge in [-0.1, -0.05) is 43.3 Å². The van der Waals surface area contributed by atoms with Crippen molar-refractivity contribution in [1.29, 1.82) is 0 Å². The van der Waals surface area contributed by atoms with Crippen LogP contribution in [0.2, 0.25) is 0 Å². The van der Waals surface area contributed by atoms with E-state index >= 15 is 0 Å². The number of hydrogen-bond donors (Lipinski definition) is 2. The number of carbonyl (C=O) groups is 1. The first-order valence-electron chi connectivity index (χ1n) is 13.4. The Bertz CT molecular complexity index is 1480. The number of halogens is 3. The normalized spacial score (nSPS) is 18.6. The van der Waals surface area contributed by atoms with E-state index in [0.29, 0.717) is 18.7 Å². The predicted octanol–water partition coefficient (Wildman–Crippen LogP) is 4.86. The van der Waals surface area contributed by atoms with E-state index in [0.717, 1.165) is 12.1 Å². The Balaban J connectivity index is 1.66. The summed E-state index contributed by atoms with van der Waals surface area (Å²) in [6.07, 6.45) is -4.97. The number of carbonyl (C=O) groups excluding carboxylic acids is 1. The van der Waals surface area contributed by atoms with Gasteiger partial charge in [0.2, 0.25) is 0 Å². The van der Waals surface area contributed by atoms with Crippen molar-refractivity contribution in [3.8, 4) is 5.75 Å². The number of hydrogen-bond acceptors (Lipinski definition) is 6. The third kappa shape index (κ3) is 7.23. The van der Waals surface area contributed by atoms with Crippen molar-refractivity contribution < 1.29 is 36.2 Å². The van der Waals surface area contributed by atoms with E-state index in [1.807, 2.05) is 11.8 Å². The molecule has 0 saturated heterocycles. The second-order valence-electron chi connectivity index (χ2n) is 10.6. The first-order valence-corrected chi connectivity index (χ1v) is 14.9. The van der Waals surface area contributed by atoms with Crippen LogP contribution in [0.25, 0.3) is 0 Å². The van der Waals surface area contributed by atoms with Crippen molar-refractivity contribution in [2.75, 3.05) is 31.5 Å². The highest BCUT2D eigenvalue weighted by Gasteiger charge is 2.35. The number of alkyl halides is 3. The number of amides is 1. The number of ether oxygens (including phenoxy) is 1. The predicted molar refractivity (Wildman–Crippen MR) is 153 cm³/mol. The number of para-hydroxylation sites is 1. The van der Waals surface area contributed by atoms with Crippen LogP contribution in [-0.4, -0.2) is 68.1 Å². The van der Waals surface area contributed by atoms with E-state index in [-0.39, 0.29) is 41.0 Å². The van der Waals surface area contributed by atoms with Crippen LogP contribution < -0.4 is 9.46 Å².